The molecule has 1 unspecified atom stereocenters. The van der Waals surface area contributed by atoms with Crippen LogP contribution in [0.1, 0.15) is 54.9 Å². The van der Waals surface area contributed by atoms with E-state index < -0.39 is 10.8 Å². The fraction of sp³-hybridized carbons (Fsp3) is 0.400. The molecule has 186 valence electrons. The third-order valence-electron chi connectivity index (χ3n) is 5.79. The highest BCUT2D eigenvalue weighted by atomic mass is 35.5. The van der Waals surface area contributed by atoms with E-state index >= 15 is 0 Å². The lowest BCUT2D eigenvalue weighted by Gasteiger charge is -2.33. The van der Waals surface area contributed by atoms with Crippen molar-refractivity contribution < 1.29 is 14.3 Å². The highest BCUT2D eigenvalue weighted by molar-refractivity contribution is 6.00. The third kappa shape index (κ3) is 5.60. The van der Waals surface area contributed by atoms with Crippen molar-refractivity contribution in [2.75, 3.05) is 12.3 Å². The molecule has 2 aromatic heterocycles. The average molecular weight is 505 g/mol. The number of carbonyl (C=O) groups is 1. The van der Waals surface area contributed by atoms with Crippen LogP contribution in [0.2, 0.25) is 0 Å². The summed E-state index contributed by atoms with van der Waals surface area (Å²) in [4.78, 5) is 25.6. The van der Waals surface area contributed by atoms with Crippen molar-refractivity contribution in [3.63, 3.8) is 0 Å². The number of non-ortho nitro benzene ring substituents is 1. The summed E-state index contributed by atoms with van der Waals surface area (Å²) in [5.74, 6) is -0.393. The minimum absolute atomic E-state index is 0. The fourth-order valence-corrected chi connectivity index (χ4v) is 3.79. The lowest BCUT2D eigenvalue weighted by atomic mass is 10.0. The van der Waals surface area contributed by atoms with E-state index in [0.29, 0.717) is 29.6 Å². The van der Waals surface area contributed by atoms with Crippen LogP contribution in [0.4, 0.5) is 11.5 Å². The van der Waals surface area contributed by atoms with Gasteiger partial charge < -0.3 is 5.73 Å². The molecule has 0 bridgehead atoms. The number of nitrogens with one attached hydrogen (secondary N) is 1. The number of rotatable bonds is 7. The molecule has 14 nitrogen and oxygen atoms in total. The van der Waals surface area contributed by atoms with Crippen LogP contribution in [0.3, 0.4) is 0 Å². The van der Waals surface area contributed by atoms with Crippen LogP contribution >= 0.6 is 12.4 Å². The summed E-state index contributed by atoms with van der Waals surface area (Å²) in [5, 5.41) is 30.4. The molecule has 0 radical (unpaired) electrons. The highest BCUT2D eigenvalue weighted by Gasteiger charge is 2.28. The number of aromatic nitrogens is 5. The van der Waals surface area contributed by atoms with E-state index in [4.69, 9.17) is 10.4 Å². The number of halogens is 1. The van der Waals surface area contributed by atoms with Crippen molar-refractivity contribution in [3.8, 4) is 5.82 Å². The van der Waals surface area contributed by atoms with Gasteiger partial charge in [0.15, 0.2) is 5.69 Å². The van der Waals surface area contributed by atoms with E-state index in [1.807, 2.05) is 0 Å². The van der Waals surface area contributed by atoms with Crippen molar-refractivity contribution >= 4 is 35.5 Å². The molecule has 1 fully saturated rings. The zero-order valence-electron chi connectivity index (χ0n) is 19.1. The molecule has 3 heterocycles. The summed E-state index contributed by atoms with van der Waals surface area (Å²) in [7, 11) is 0. The van der Waals surface area contributed by atoms with E-state index in [9.17, 15) is 14.9 Å². The Kier molecular flexibility index (Phi) is 8.09. The van der Waals surface area contributed by atoms with Crippen molar-refractivity contribution in [1.29, 1.82) is 0 Å². The monoisotopic (exact) mass is 504 g/mol. The van der Waals surface area contributed by atoms with E-state index in [2.05, 4.69) is 43.0 Å². The van der Waals surface area contributed by atoms with Gasteiger partial charge in [-0.25, -0.2) is 10.1 Å². The highest BCUT2D eigenvalue weighted by Crippen LogP contribution is 2.23. The van der Waals surface area contributed by atoms with Crippen molar-refractivity contribution in [3.05, 3.63) is 51.3 Å². The molecule has 35 heavy (non-hydrogen) atoms. The second-order valence-electron chi connectivity index (χ2n) is 8.03. The number of carbonyl (C=O) groups excluding carboxylic acids is 1. The summed E-state index contributed by atoms with van der Waals surface area (Å²) >= 11 is 0. The first-order valence-corrected chi connectivity index (χ1v) is 10.7. The predicted octanol–water partition coefficient (Wildman–Crippen LogP) is 2.09. The number of anilines is 1. The van der Waals surface area contributed by atoms with Gasteiger partial charge in [0.2, 0.25) is 11.6 Å². The number of hydrogen-bond acceptors (Lipinski definition) is 11. The Bertz CT molecular complexity index is 1220. The number of likely N-dealkylation sites (tertiary alicyclic amines) is 1. The Morgan fingerprint density at radius 1 is 1.31 bits per heavy atom. The lowest BCUT2D eigenvalue weighted by Crippen LogP contribution is -2.38. The minimum atomic E-state index is -0.567. The normalized spacial score (nSPS) is 16.5. The molecule has 3 aromatic rings. The molecule has 0 spiro atoms. The molecule has 0 aliphatic carbocycles. The number of nitrogens with zero attached hydrogens (tertiary/aromatic N) is 8. The second-order valence-corrected chi connectivity index (χ2v) is 8.03. The molecule has 1 amide bonds. The molecule has 15 heteroatoms. The van der Waals surface area contributed by atoms with Gasteiger partial charge in [-0.1, -0.05) is 11.6 Å². The number of nitro groups is 1. The van der Waals surface area contributed by atoms with Crippen LogP contribution < -0.4 is 11.2 Å². The molecule has 0 saturated carbocycles. The van der Waals surface area contributed by atoms with Crippen molar-refractivity contribution in [2.45, 2.75) is 45.7 Å². The summed E-state index contributed by atoms with van der Waals surface area (Å²) in [6.07, 6.45) is 3.26. The Balaban J connectivity index is 0.00000342. The van der Waals surface area contributed by atoms with Gasteiger partial charge >= 0.3 is 0 Å². The largest absolute Gasteiger partial charge is 0.378 e. The topological polar surface area (TPSA) is 183 Å². The summed E-state index contributed by atoms with van der Waals surface area (Å²) < 4.78 is 6.05. The van der Waals surface area contributed by atoms with Gasteiger partial charge in [-0.2, -0.15) is 9.78 Å². The number of nitrogens with two attached hydrogens (primary N) is 1. The van der Waals surface area contributed by atoms with Gasteiger partial charge in [0, 0.05) is 24.7 Å². The van der Waals surface area contributed by atoms with E-state index in [0.717, 1.165) is 25.8 Å². The third-order valence-corrected chi connectivity index (χ3v) is 5.79. The number of hydrogen-bond donors (Lipinski definition) is 2. The molecular weight excluding hydrogens is 480 g/mol. The maximum Gasteiger partial charge on any atom is 0.293 e. The maximum atomic E-state index is 13.0. The Hall–Kier alpha value is -3.91. The first kappa shape index (κ1) is 25.7. The maximum absolute atomic E-state index is 13.0. The van der Waals surface area contributed by atoms with E-state index in [1.54, 1.807) is 19.1 Å². The van der Waals surface area contributed by atoms with Crippen LogP contribution in [-0.4, -0.2) is 59.3 Å². The van der Waals surface area contributed by atoms with Gasteiger partial charge in [-0.05, 0) is 61.2 Å². The van der Waals surface area contributed by atoms with Gasteiger partial charge in [0.1, 0.15) is 0 Å². The molecule has 1 saturated heterocycles. The Morgan fingerprint density at radius 3 is 2.69 bits per heavy atom. The number of nitro benzene ring substituents is 1. The number of nitrogen functional groups attached to an aromatic ring is 1. The van der Waals surface area contributed by atoms with Crippen molar-refractivity contribution in [2.24, 2.45) is 5.10 Å². The zero-order valence-corrected chi connectivity index (χ0v) is 19.9. The van der Waals surface area contributed by atoms with Crippen LogP contribution in [-0.2, 0) is 6.54 Å². The zero-order chi connectivity index (χ0) is 24.2. The number of benzene rings is 1. The number of amides is 1. The molecule has 1 aliphatic rings. The fourth-order valence-electron chi connectivity index (χ4n) is 3.79. The molecule has 3 N–H and O–H groups in total. The predicted molar refractivity (Wildman–Crippen MR) is 127 cm³/mol. The Morgan fingerprint density at radius 2 is 2.06 bits per heavy atom. The quantitative estimate of drug-likeness (QED) is 0.274. The van der Waals surface area contributed by atoms with Crippen LogP contribution in [0.25, 0.3) is 5.82 Å². The summed E-state index contributed by atoms with van der Waals surface area (Å²) in [5.41, 5.74) is 9.94. The van der Waals surface area contributed by atoms with Gasteiger partial charge in [-0.15, -0.1) is 17.5 Å². The first-order valence-electron chi connectivity index (χ1n) is 10.7. The molecule has 1 atom stereocenters. The molecule has 1 aliphatic heterocycles. The van der Waals surface area contributed by atoms with Crippen LogP contribution in [0.15, 0.2) is 34.0 Å². The van der Waals surface area contributed by atoms with Crippen LogP contribution in [0, 0.1) is 10.1 Å². The summed E-state index contributed by atoms with van der Waals surface area (Å²) in [6.45, 7) is 5.08. The molecular formula is C20H25ClN10O4. The average Bonchev–Trinajstić information content (AvgIpc) is 3.44. The minimum Gasteiger partial charge on any atom is -0.378 e. The van der Waals surface area contributed by atoms with E-state index in [-0.39, 0.29) is 35.4 Å². The van der Waals surface area contributed by atoms with Crippen LogP contribution in [0.5, 0.6) is 0 Å². The Labute approximate surface area is 206 Å². The number of hydrazone groups is 1. The second kappa shape index (κ2) is 11.0. The smallest absolute Gasteiger partial charge is 0.293 e. The SMILES string of the molecule is C/C(=N/NC(=O)c1nnn(-c2nonc2N)c1CN1CCCCC1C)c1ccc([N+](=O)[O-])cc1.Cl. The molecule has 1 aromatic carbocycles. The van der Waals surface area contributed by atoms with Crippen molar-refractivity contribution in [1.82, 2.24) is 35.6 Å². The van der Waals surface area contributed by atoms with E-state index in [1.165, 1.54) is 16.8 Å². The molecule has 4 rings (SSSR count). The lowest BCUT2D eigenvalue weighted by molar-refractivity contribution is -0.384. The van der Waals surface area contributed by atoms with Gasteiger partial charge in [0.25, 0.3) is 11.6 Å². The van der Waals surface area contributed by atoms with Gasteiger partial charge in [0.05, 0.1) is 16.3 Å². The van der Waals surface area contributed by atoms with Gasteiger partial charge in [-0.3, -0.25) is 19.8 Å². The summed E-state index contributed by atoms with van der Waals surface area (Å²) in [6, 6.07) is 6.18. The number of piperidine rings is 1. The standard InChI is InChI=1S/C20H24N10O4.ClH/c1-12-5-3-4-10-28(12)11-16-17(23-27-29(16)19-18(21)25-34-26-19)20(31)24-22-13(2)14-6-8-15(9-7-14)30(32)33;/h6-9,12H,3-5,10-11H2,1-2H3,(H2,21,25)(H,24,31);1H/b22-13-;. The first-order chi connectivity index (χ1) is 16.3.